The van der Waals surface area contributed by atoms with Crippen molar-refractivity contribution >= 4 is 0 Å². The molecule has 0 spiro atoms. The molecule has 0 fully saturated rings. The highest BCUT2D eigenvalue weighted by Gasteiger charge is 2.19. The number of rotatable bonds is 3. The molecule has 0 radical (unpaired) electrons. The normalized spacial score (nSPS) is 14.3. The van der Waals surface area contributed by atoms with E-state index in [4.69, 9.17) is 4.98 Å². The molecule has 0 aliphatic carbocycles. The van der Waals surface area contributed by atoms with Crippen molar-refractivity contribution in [1.82, 2.24) is 19.9 Å². The van der Waals surface area contributed by atoms with Gasteiger partial charge in [-0.15, -0.1) is 0 Å². The first-order chi connectivity index (χ1) is 12.2. The van der Waals surface area contributed by atoms with E-state index in [0.29, 0.717) is 0 Å². The molecule has 0 bridgehead atoms. The highest BCUT2D eigenvalue weighted by atomic mass is 15.1. The number of pyridine rings is 1. The van der Waals surface area contributed by atoms with Crippen molar-refractivity contribution in [3.63, 3.8) is 0 Å². The molecule has 0 atom stereocenters. The molecule has 4 nitrogen and oxygen atoms in total. The quantitative estimate of drug-likeness (QED) is 0.734. The van der Waals surface area contributed by atoms with Gasteiger partial charge in [0.05, 0.1) is 5.69 Å². The van der Waals surface area contributed by atoms with Crippen molar-refractivity contribution in [2.24, 2.45) is 0 Å². The number of aromatic nitrogens is 3. The zero-order chi connectivity index (χ0) is 17.2. The fourth-order valence-electron chi connectivity index (χ4n) is 3.30. The minimum absolute atomic E-state index is 0.773. The first-order valence-electron chi connectivity index (χ1n) is 8.73. The van der Waals surface area contributed by atoms with Crippen LogP contribution in [0, 0.1) is 13.8 Å². The van der Waals surface area contributed by atoms with Gasteiger partial charge >= 0.3 is 0 Å². The minimum Gasteiger partial charge on any atom is -0.294 e. The smallest absolute Gasteiger partial charge is 0.160 e. The summed E-state index contributed by atoms with van der Waals surface area (Å²) in [5.41, 5.74) is 7.47. The molecule has 3 heterocycles. The average molecular weight is 330 g/mol. The van der Waals surface area contributed by atoms with E-state index in [1.54, 1.807) is 6.20 Å². The SMILES string of the molecule is Cc1ccc(CN2CCc3nc(-c4cccnc4)ncc3C2)cc1C. The summed E-state index contributed by atoms with van der Waals surface area (Å²) < 4.78 is 0. The lowest BCUT2D eigenvalue weighted by Gasteiger charge is -2.28. The van der Waals surface area contributed by atoms with Crippen LogP contribution in [0.4, 0.5) is 0 Å². The second-order valence-corrected chi connectivity index (χ2v) is 6.79. The number of fused-ring (bicyclic) bond motifs is 1. The predicted octanol–water partition coefficient (Wildman–Crippen LogP) is 3.71. The molecular weight excluding hydrogens is 308 g/mol. The van der Waals surface area contributed by atoms with Crippen LogP contribution in [-0.4, -0.2) is 26.4 Å². The summed E-state index contributed by atoms with van der Waals surface area (Å²) in [6, 6.07) is 10.7. The van der Waals surface area contributed by atoms with E-state index in [0.717, 1.165) is 37.4 Å². The summed E-state index contributed by atoms with van der Waals surface area (Å²) >= 11 is 0. The molecule has 4 rings (SSSR count). The van der Waals surface area contributed by atoms with Crippen molar-refractivity contribution in [1.29, 1.82) is 0 Å². The van der Waals surface area contributed by atoms with Gasteiger partial charge in [-0.2, -0.15) is 0 Å². The summed E-state index contributed by atoms with van der Waals surface area (Å²) in [7, 11) is 0. The Morgan fingerprint density at radius 1 is 1.08 bits per heavy atom. The Morgan fingerprint density at radius 2 is 2.00 bits per heavy atom. The van der Waals surface area contributed by atoms with Gasteiger partial charge in [0.2, 0.25) is 0 Å². The molecule has 0 amide bonds. The van der Waals surface area contributed by atoms with Gasteiger partial charge in [0.15, 0.2) is 5.82 Å². The first kappa shape index (κ1) is 15.9. The van der Waals surface area contributed by atoms with Crippen LogP contribution in [0.5, 0.6) is 0 Å². The molecule has 1 aliphatic rings. The number of benzene rings is 1. The predicted molar refractivity (Wildman–Crippen MR) is 99.0 cm³/mol. The standard InChI is InChI=1S/C21H22N4/c1-15-5-6-17(10-16(15)2)13-25-9-7-20-19(14-25)12-23-21(24-20)18-4-3-8-22-11-18/h3-6,8,10-12H,7,9,13-14H2,1-2H3. The molecule has 0 N–H and O–H groups in total. The van der Waals surface area contributed by atoms with Gasteiger partial charge in [-0.3, -0.25) is 9.88 Å². The average Bonchev–Trinajstić information content (AvgIpc) is 2.65. The molecule has 1 aliphatic heterocycles. The Morgan fingerprint density at radius 3 is 2.80 bits per heavy atom. The fraction of sp³-hybridized carbons (Fsp3) is 0.286. The second-order valence-electron chi connectivity index (χ2n) is 6.79. The van der Waals surface area contributed by atoms with E-state index in [-0.39, 0.29) is 0 Å². The van der Waals surface area contributed by atoms with Crippen LogP contribution in [0.25, 0.3) is 11.4 Å². The fourth-order valence-corrected chi connectivity index (χ4v) is 3.30. The summed E-state index contributed by atoms with van der Waals surface area (Å²) in [6.07, 6.45) is 6.54. The molecule has 2 aromatic heterocycles. The van der Waals surface area contributed by atoms with Gasteiger partial charge in [0, 0.05) is 55.8 Å². The molecule has 0 saturated heterocycles. The number of hydrogen-bond acceptors (Lipinski definition) is 4. The number of aryl methyl sites for hydroxylation is 2. The van der Waals surface area contributed by atoms with E-state index in [1.165, 1.54) is 27.9 Å². The molecule has 25 heavy (non-hydrogen) atoms. The van der Waals surface area contributed by atoms with E-state index in [2.05, 4.69) is 46.9 Å². The summed E-state index contributed by atoms with van der Waals surface area (Å²) in [4.78, 5) is 16.0. The maximum absolute atomic E-state index is 4.77. The zero-order valence-corrected chi connectivity index (χ0v) is 14.7. The van der Waals surface area contributed by atoms with Gasteiger partial charge in [0.1, 0.15) is 0 Å². The highest BCUT2D eigenvalue weighted by Crippen LogP contribution is 2.22. The van der Waals surface area contributed by atoms with Crippen molar-refractivity contribution in [3.8, 4) is 11.4 Å². The van der Waals surface area contributed by atoms with Crippen molar-refractivity contribution in [3.05, 3.63) is 76.9 Å². The van der Waals surface area contributed by atoms with Crippen LogP contribution in [-0.2, 0) is 19.5 Å². The second kappa shape index (κ2) is 6.73. The Kier molecular flexibility index (Phi) is 4.28. The molecule has 3 aromatic rings. The van der Waals surface area contributed by atoms with Crippen LogP contribution in [0.2, 0.25) is 0 Å². The maximum Gasteiger partial charge on any atom is 0.160 e. The third kappa shape index (κ3) is 3.44. The lowest BCUT2D eigenvalue weighted by Crippen LogP contribution is -2.31. The van der Waals surface area contributed by atoms with E-state index >= 15 is 0 Å². The first-order valence-corrected chi connectivity index (χ1v) is 8.73. The summed E-state index contributed by atoms with van der Waals surface area (Å²) in [6.45, 7) is 7.26. The lowest BCUT2D eigenvalue weighted by atomic mass is 10.0. The monoisotopic (exact) mass is 330 g/mol. The van der Waals surface area contributed by atoms with Gasteiger partial charge in [0.25, 0.3) is 0 Å². The van der Waals surface area contributed by atoms with Crippen molar-refractivity contribution in [2.45, 2.75) is 33.4 Å². The van der Waals surface area contributed by atoms with Crippen molar-refractivity contribution < 1.29 is 0 Å². The molecule has 4 heteroatoms. The summed E-state index contributed by atoms with van der Waals surface area (Å²) in [5.74, 6) is 0.773. The van der Waals surface area contributed by atoms with Gasteiger partial charge in [-0.1, -0.05) is 18.2 Å². The molecule has 0 unspecified atom stereocenters. The van der Waals surface area contributed by atoms with Crippen molar-refractivity contribution in [2.75, 3.05) is 6.54 Å². The highest BCUT2D eigenvalue weighted by molar-refractivity contribution is 5.53. The van der Waals surface area contributed by atoms with Crippen LogP contribution < -0.4 is 0 Å². The van der Waals surface area contributed by atoms with Crippen LogP contribution in [0.1, 0.15) is 27.9 Å². The zero-order valence-electron chi connectivity index (χ0n) is 14.7. The van der Waals surface area contributed by atoms with Crippen LogP contribution in [0.15, 0.2) is 48.9 Å². The number of nitrogens with zero attached hydrogens (tertiary/aromatic N) is 4. The van der Waals surface area contributed by atoms with Gasteiger partial charge in [-0.25, -0.2) is 9.97 Å². The minimum atomic E-state index is 0.773. The Hall–Kier alpha value is -2.59. The Labute approximate surface area is 148 Å². The third-order valence-corrected chi connectivity index (χ3v) is 4.91. The largest absolute Gasteiger partial charge is 0.294 e. The third-order valence-electron chi connectivity index (χ3n) is 4.91. The van der Waals surface area contributed by atoms with E-state index < -0.39 is 0 Å². The van der Waals surface area contributed by atoms with E-state index in [9.17, 15) is 0 Å². The Bertz CT molecular complexity index is 890. The molecule has 126 valence electrons. The topological polar surface area (TPSA) is 41.9 Å². The molecular formula is C21H22N4. The Balaban J connectivity index is 1.51. The number of hydrogen-bond donors (Lipinski definition) is 0. The lowest BCUT2D eigenvalue weighted by molar-refractivity contribution is 0.243. The maximum atomic E-state index is 4.77. The van der Waals surface area contributed by atoms with Gasteiger partial charge < -0.3 is 0 Å². The van der Waals surface area contributed by atoms with E-state index in [1.807, 2.05) is 24.5 Å². The van der Waals surface area contributed by atoms with Gasteiger partial charge in [-0.05, 0) is 42.7 Å². The van der Waals surface area contributed by atoms with Crippen LogP contribution >= 0.6 is 0 Å². The summed E-state index contributed by atoms with van der Waals surface area (Å²) in [5, 5.41) is 0. The molecule has 1 aromatic carbocycles. The van der Waals surface area contributed by atoms with Crippen LogP contribution in [0.3, 0.4) is 0 Å². The molecule has 0 saturated carbocycles.